The first kappa shape index (κ1) is 34.8. The van der Waals surface area contributed by atoms with Gasteiger partial charge in [-0.2, -0.15) is 0 Å². The van der Waals surface area contributed by atoms with Gasteiger partial charge in [0.15, 0.2) is 0 Å². The number of benzene rings is 4. The molecule has 0 amide bonds. The van der Waals surface area contributed by atoms with Crippen LogP contribution < -0.4 is 21.2 Å². The molecule has 0 aliphatic carbocycles. The van der Waals surface area contributed by atoms with Crippen LogP contribution in [0.2, 0.25) is 0 Å². The summed E-state index contributed by atoms with van der Waals surface area (Å²) in [5.41, 5.74) is 0. The van der Waals surface area contributed by atoms with E-state index in [-0.39, 0.29) is 52.2 Å². The molecule has 4 rings (SSSR count). The van der Waals surface area contributed by atoms with Gasteiger partial charge >= 0.3 is 226 Å². The third kappa shape index (κ3) is 8.40. The zero-order valence-electron chi connectivity index (χ0n) is 19.6. The van der Waals surface area contributed by atoms with Crippen LogP contribution in [0.4, 0.5) is 0 Å². The average molecular weight is 906 g/mol. The van der Waals surface area contributed by atoms with Crippen molar-refractivity contribution in [2.75, 3.05) is 0 Å². The van der Waals surface area contributed by atoms with E-state index in [0.29, 0.717) is 0 Å². The Kier molecular flexibility index (Phi) is 13.5. The Labute approximate surface area is 253 Å². The van der Waals surface area contributed by atoms with E-state index in [4.69, 9.17) is 22.5 Å². The van der Waals surface area contributed by atoms with Crippen molar-refractivity contribution >= 4 is 55.6 Å². The molecule has 0 atom stereocenters. The van der Waals surface area contributed by atoms with Crippen molar-refractivity contribution in [3.63, 3.8) is 0 Å². The molecule has 195 valence electrons. The summed E-state index contributed by atoms with van der Waals surface area (Å²) in [6, 6.07) is 39.6. The van der Waals surface area contributed by atoms with Crippen LogP contribution in [0.5, 0.6) is 0 Å². The molecule has 0 unspecified atom stereocenters. The molecule has 1 radical (unpaired) electrons. The first-order chi connectivity index (χ1) is 15.0. The second-order valence-corrected chi connectivity index (χ2v) is 20.6. The molecule has 4 aromatic rings. The summed E-state index contributed by atoms with van der Waals surface area (Å²) >= 11 is 13.5. The summed E-state index contributed by atoms with van der Waals surface area (Å²) in [5.74, 6) is -5.92. The van der Waals surface area contributed by atoms with Crippen molar-refractivity contribution < 1.29 is 44.8 Å². The SMILES string of the molecule is [Au+3].[Au].[CH2-]P([CH2-])(Cl)(c1ccccc1)c1ccccc1.[CH2-]P([CH2-])(Cl)(c1ccccc1)c1ccccc1.[CH3-]. The minimum absolute atomic E-state index is 0. The second-order valence-electron chi connectivity index (χ2n) is 8.09. The van der Waals surface area contributed by atoms with Crippen molar-refractivity contribution in [2.45, 2.75) is 0 Å². The Bertz CT molecular complexity index is 956. The topological polar surface area (TPSA) is 0 Å². The quantitative estimate of drug-likeness (QED) is 0.110. The molecule has 0 spiro atoms. The molecule has 35 heavy (non-hydrogen) atoms. The van der Waals surface area contributed by atoms with E-state index in [0.717, 1.165) is 21.2 Å². The molecule has 0 fully saturated rings. The van der Waals surface area contributed by atoms with Crippen LogP contribution in [0, 0.1) is 34.1 Å². The zero-order valence-corrected chi connectivity index (χ0v) is 27.3. The number of halogens is 2. The fourth-order valence-electron chi connectivity index (χ4n) is 3.38. The number of rotatable bonds is 4. The van der Waals surface area contributed by atoms with Gasteiger partial charge in [0, 0.05) is 22.4 Å². The van der Waals surface area contributed by atoms with E-state index in [1.54, 1.807) is 0 Å². The van der Waals surface area contributed by atoms with E-state index >= 15 is 0 Å². The molecular weight excluding hydrogens is 875 g/mol. The Balaban J connectivity index is 0.000000608. The molecule has 0 aromatic heterocycles. The van der Waals surface area contributed by atoms with Crippen LogP contribution in [0.25, 0.3) is 0 Å². The standard InChI is InChI=1S/2C14H14ClP.CH3.2Au/c2*1-16(2,15,13-9-5-3-6-10-13)14-11-7-4-8-12-14;;;/h2*3-12H,1-2H2;1H3;;/q2*-2;-1;;+3. The van der Waals surface area contributed by atoms with Gasteiger partial charge in [0.25, 0.3) is 0 Å². The van der Waals surface area contributed by atoms with Crippen LogP contribution in [0.3, 0.4) is 0 Å². The molecule has 4 aromatic carbocycles. The van der Waals surface area contributed by atoms with Crippen molar-refractivity contribution in [1.82, 2.24) is 0 Å². The molecular formula is C29H31Au2Cl2P2-2. The predicted octanol–water partition coefficient (Wildman–Crippen LogP) is 8.30. The number of hydrogen-bond acceptors (Lipinski definition) is 0. The summed E-state index contributed by atoms with van der Waals surface area (Å²) in [5, 5.41) is 4.06. The van der Waals surface area contributed by atoms with Crippen molar-refractivity contribution in [2.24, 2.45) is 0 Å². The fourth-order valence-corrected chi connectivity index (χ4v) is 8.75. The first-order valence-corrected chi connectivity index (χ1v) is 17.2. The van der Waals surface area contributed by atoms with Gasteiger partial charge < -0.3 is 7.43 Å². The van der Waals surface area contributed by atoms with Crippen LogP contribution in [-0.4, -0.2) is 0 Å². The molecule has 0 aliphatic rings. The average Bonchev–Trinajstić information content (AvgIpc) is 2.81. The second kappa shape index (κ2) is 13.6. The monoisotopic (exact) mass is 905 g/mol. The summed E-state index contributed by atoms with van der Waals surface area (Å²) in [4.78, 5) is 0. The van der Waals surface area contributed by atoms with E-state index in [2.05, 4.69) is 26.7 Å². The smallest absolute Gasteiger partial charge is 0.358 e. The van der Waals surface area contributed by atoms with Gasteiger partial charge in [-0.25, -0.2) is 0 Å². The van der Waals surface area contributed by atoms with E-state index in [9.17, 15) is 0 Å². The maximum atomic E-state index is 6.75. The van der Waals surface area contributed by atoms with Crippen LogP contribution in [0.15, 0.2) is 121 Å². The summed E-state index contributed by atoms with van der Waals surface area (Å²) in [7, 11) is 0. The fraction of sp³-hybridized carbons (Fsp3) is 0. The van der Waals surface area contributed by atoms with Gasteiger partial charge in [-0.05, 0) is 0 Å². The predicted molar refractivity (Wildman–Crippen MR) is 158 cm³/mol. The summed E-state index contributed by atoms with van der Waals surface area (Å²) in [6.45, 7) is 16.9. The molecule has 6 heteroatoms. The third-order valence-electron chi connectivity index (χ3n) is 5.39. The minimum Gasteiger partial charge on any atom is -0.358 e. The van der Waals surface area contributed by atoms with Gasteiger partial charge in [-0.3, -0.25) is 0 Å². The first-order valence-electron chi connectivity index (χ1n) is 10.1. The third-order valence-corrected chi connectivity index (χ3v) is 13.7. The van der Waals surface area contributed by atoms with E-state index in [1.165, 1.54) is 0 Å². The molecule has 0 N–H and O–H groups in total. The van der Waals surface area contributed by atoms with Gasteiger partial charge in [-0.1, -0.05) is 0 Å². The van der Waals surface area contributed by atoms with Gasteiger partial charge in [0.1, 0.15) is 0 Å². The molecule has 0 heterocycles. The van der Waals surface area contributed by atoms with Crippen LogP contribution >= 0.6 is 34.4 Å². The molecule has 0 nitrogen and oxygen atoms in total. The van der Waals surface area contributed by atoms with E-state index < -0.39 is 11.9 Å². The minimum atomic E-state index is -2.96. The van der Waals surface area contributed by atoms with Gasteiger partial charge in [0.2, 0.25) is 0 Å². The van der Waals surface area contributed by atoms with Crippen molar-refractivity contribution in [3.05, 3.63) is 155 Å². The van der Waals surface area contributed by atoms with Crippen molar-refractivity contribution in [1.29, 1.82) is 0 Å². The molecule has 0 bridgehead atoms. The van der Waals surface area contributed by atoms with Gasteiger partial charge in [-0.15, -0.1) is 0 Å². The maximum absolute atomic E-state index is 6.75. The van der Waals surface area contributed by atoms with Gasteiger partial charge in [0.05, 0.1) is 0 Å². The number of hydrogen-bond donors (Lipinski definition) is 0. The Morgan fingerprint density at radius 1 is 0.400 bits per heavy atom. The summed E-state index contributed by atoms with van der Waals surface area (Å²) < 4.78 is 0. The Morgan fingerprint density at radius 3 is 0.686 bits per heavy atom. The Morgan fingerprint density at radius 2 is 0.543 bits per heavy atom. The summed E-state index contributed by atoms with van der Waals surface area (Å²) in [6.07, 6.45) is 0. The Hall–Kier alpha value is -0.199. The maximum Gasteiger partial charge on any atom is -0.358 e. The molecule has 0 aliphatic heterocycles. The van der Waals surface area contributed by atoms with Crippen LogP contribution in [-0.2, 0) is 44.8 Å². The van der Waals surface area contributed by atoms with E-state index in [1.807, 2.05) is 121 Å². The van der Waals surface area contributed by atoms with Crippen LogP contribution in [0.1, 0.15) is 0 Å². The largest absolute Gasteiger partial charge is 0.358 e. The zero-order chi connectivity index (χ0) is 23.3. The normalized spacial score (nSPS) is 12.9. The molecule has 0 saturated carbocycles. The van der Waals surface area contributed by atoms with Crippen molar-refractivity contribution in [3.8, 4) is 0 Å². The molecule has 0 saturated heterocycles.